The molecule has 0 unspecified atom stereocenters. The normalized spacial score (nSPS) is 27.8. The highest BCUT2D eigenvalue weighted by molar-refractivity contribution is 4.28. The minimum Gasteiger partial charge on any atom is -0.125 e. The highest BCUT2D eigenvalue weighted by Crippen LogP contribution is 2.01. The van der Waals surface area contributed by atoms with Crippen LogP contribution in [0.25, 0.3) is 0 Å². The van der Waals surface area contributed by atoms with Gasteiger partial charge in [0.1, 0.15) is 18.2 Å². The molecule has 0 aromatic heterocycles. The number of hydrogen-bond acceptors (Lipinski definition) is 4. The van der Waals surface area contributed by atoms with E-state index < -0.39 is 5.03 Å². The van der Waals surface area contributed by atoms with E-state index in [-0.39, 0.29) is 0 Å². The molecule has 1 heterocycles. The molecule has 1 rings (SSSR count). The van der Waals surface area contributed by atoms with Crippen molar-refractivity contribution >= 4 is 0 Å². The molecule has 0 saturated carbocycles. The molecule has 48 valence electrons. The van der Waals surface area contributed by atoms with Crippen molar-refractivity contribution in [2.75, 3.05) is 13.2 Å². The van der Waals surface area contributed by atoms with Crippen molar-refractivity contribution < 1.29 is 14.7 Å². The Bertz CT molecular complexity index is 76.6. The third-order valence-corrected chi connectivity index (χ3v) is 0.875. The first-order valence-electron chi connectivity index (χ1n) is 2.46. The zero-order chi connectivity index (χ0) is 6.04. The molecule has 0 aromatic rings. The van der Waals surface area contributed by atoms with E-state index in [1.54, 1.807) is 0 Å². The number of quaternary nitrogens is 1. The third kappa shape index (κ3) is 1.39. The van der Waals surface area contributed by atoms with E-state index in [4.69, 9.17) is 21.4 Å². The van der Waals surface area contributed by atoms with Gasteiger partial charge in [-0.2, -0.15) is 0 Å². The van der Waals surface area contributed by atoms with Crippen LogP contribution in [0.1, 0.15) is 6.42 Å². The Kier molecular flexibility index (Phi) is 1.45. The Morgan fingerprint density at radius 3 is 1.88 bits per heavy atom. The average molecular weight is 120 g/mol. The van der Waals surface area contributed by atoms with Gasteiger partial charge in [-0.1, -0.05) is 11.7 Å². The molecular formula is C3H10N3O2+. The fourth-order valence-corrected chi connectivity index (χ4v) is 0.511. The van der Waals surface area contributed by atoms with Crippen LogP contribution in [-0.4, -0.2) is 18.2 Å². The van der Waals surface area contributed by atoms with Crippen LogP contribution < -0.4 is 11.7 Å². The van der Waals surface area contributed by atoms with Gasteiger partial charge in [-0.25, -0.2) is 0 Å². The maximum atomic E-state index is 5.15. The lowest BCUT2D eigenvalue weighted by Gasteiger charge is -2.23. The second kappa shape index (κ2) is 1.96. The maximum Gasteiger partial charge on any atom is 0.118 e. The molecule has 0 atom stereocenters. The van der Waals surface area contributed by atoms with Crippen LogP contribution in [0, 0.1) is 0 Å². The predicted molar refractivity (Wildman–Crippen MR) is 25.2 cm³/mol. The van der Waals surface area contributed by atoms with Crippen molar-refractivity contribution in [3.05, 3.63) is 0 Å². The van der Waals surface area contributed by atoms with Crippen LogP contribution in [0.2, 0.25) is 0 Å². The minimum atomic E-state index is -0.750. The fourth-order valence-electron chi connectivity index (χ4n) is 0.511. The molecule has 0 radical (unpaired) electrons. The van der Waals surface area contributed by atoms with Crippen molar-refractivity contribution in [2.45, 2.75) is 6.42 Å². The monoisotopic (exact) mass is 120 g/mol. The number of nitrogens with zero attached hydrogens (tertiary/aromatic N) is 1. The summed E-state index contributed by atoms with van der Waals surface area (Å²) in [6.45, 7) is 1.12. The highest BCUT2D eigenvalue weighted by atomic mass is 17.1. The smallest absolute Gasteiger partial charge is 0.118 e. The first-order chi connectivity index (χ1) is 3.71. The Labute approximate surface area is 47.2 Å². The van der Waals surface area contributed by atoms with Gasteiger partial charge in [-0.15, -0.1) is 9.68 Å². The Hall–Kier alpha value is -0.200. The second-order valence-electron chi connectivity index (χ2n) is 1.67. The van der Waals surface area contributed by atoms with E-state index in [0.717, 1.165) is 6.42 Å². The van der Waals surface area contributed by atoms with Crippen molar-refractivity contribution in [3.8, 4) is 0 Å². The summed E-state index contributed by atoms with van der Waals surface area (Å²) in [6.07, 6.45) is 0.856. The van der Waals surface area contributed by atoms with Gasteiger partial charge >= 0.3 is 0 Å². The molecule has 8 heavy (non-hydrogen) atoms. The molecule has 1 aliphatic heterocycles. The summed E-state index contributed by atoms with van der Waals surface area (Å²) < 4.78 is 0. The number of hydrogen-bond donors (Lipinski definition) is 2. The van der Waals surface area contributed by atoms with Crippen LogP contribution >= 0.6 is 0 Å². The van der Waals surface area contributed by atoms with E-state index >= 15 is 0 Å². The standard InChI is InChI=1S/C3H10N3O2/c4-6(5)7-2-1-3-8-6/h1-5H2/q+1. The van der Waals surface area contributed by atoms with Gasteiger partial charge in [0, 0.05) is 6.42 Å². The summed E-state index contributed by atoms with van der Waals surface area (Å²) in [6, 6.07) is 0. The van der Waals surface area contributed by atoms with Crippen molar-refractivity contribution in [3.63, 3.8) is 0 Å². The second-order valence-corrected chi connectivity index (χ2v) is 1.67. The molecular weight excluding hydrogens is 110 g/mol. The predicted octanol–water partition coefficient (Wildman–Crippen LogP) is -1.18. The fraction of sp³-hybridized carbons (Fsp3) is 1.00. The SMILES string of the molecule is N[N+]1(N)OCCCO1. The Morgan fingerprint density at radius 1 is 1.12 bits per heavy atom. The van der Waals surface area contributed by atoms with Gasteiger partial charge in [0.15, 0.2) is 0 Å². The zero-order valence-electron chi connectivity index (χ0n) is 4.54. The lowest BCUT2D eigenvalue weighted by atomic mass is 10.5. The number of rotatable bonds is 0. The quantitative estimate of drug-likeness (QED) is 0.312. The van der Waals surface area contributed by atoms with Crippen molar-refractivity contribution in [1.29, 1.82) is 0 Å². The first-order valence-corrected chi connectivity index (χ1v) is 2.46. The largest absolute Gasteiger partial charge is 0.125 e. The molecule has 0 bridgehead atoms. The molecule has 0 aromatic carbocycles. The van der Waals surface area contributed by atoms with Gasteiger partial charge in [0.2, 0.25) is 0 Å². The molecule has 1 saturated heterocycles. The summed E-state index contributed by atoms with van der Waals surface area (Å²) in [5, 5.41) is -0.750. The molecule has 5 nitrogen and oxygen atoms in total. The lowest BCUT2D eigenvalue weighted by Crippen LogP contribution is -2.61. The third-order valence-electron chi connectivity index (χ3n) is 0.875. The Morgan fingerprint density at radius 2 is 1.62 bits per heavy atom. The van der Waals surface area contributed by atoms with Crippen LogP contribution in [0.5, 0.6) is 0 Å². The summed E-state index contributed by atoms with van der Waals surface area (Å²) in [4.78, 5) is 9.47. The number of nitrogens with two attached hydrogens (primary N) is 2. The van der Waals surface area contributed by atoms with Gasteiger partial charge in [-0.3, -0.25) is 0 Å². The lowest BCUT2D eigenvalue weighted by molar-refractivity contribution is -1.27. The maximum absolute atomic E-state index is 5.15. The van der Waals surface area contributed by atoms with Crippen LogP contribution in [0.3, 0.4) is 0 Å². The molecule has 1 aliphatic rings. The van der Waals surface area contributed by atoms with Gasteiger partial charge < -0.3 is 0 Å². The van der Waals surface area contributed by atoms with Gasteiger partial charge in [0.25, 0.3) is 0 Å². The summed E-state index contributed by atoms with van der Waals surface area (Å²) in [5.41, 5.74) is 0. The molecule has 4 N–H and O–H groups in total. The zero-order valence-corrected chi connectivity index (χ0v) is 4.54. The van der Waals surface area contributed by atoms with E-state index in [1.165, 1.54) is 0 Å². The Balaban J connectivity index is 2.33. The topological polar surface area (TPSA) is 70.5 Å². The molecule has 0 aliphatic carbocycles. The minimum absolute atomic E-state index is 0.562. The summed E-state index contributed by atoms with van der Waals surface area (Å²) >= 11 is 0. The van der Waals surface area contributed by atoms with Crippen LogP contribution in [-0.2, 0) is 9.68 Å². The van der Waals surface area contributed by atoms with Crippen molar-refractivity contribution in [2.24, 2.45) is 11.7 Å². The van der Waals surface area contributed by atoms with E-state index in [1.807, 2.05) is 0 Å². The van der Waals surface area contributed by atoms with Gasteiger partial charge in [-0.05, 0) is 0 Å². The summed E-state index contributed by atoms with van der Waals surface area (Å²) in [5.74, 6) is 10.3. The van der Waals surface area contributed by atoms with Crippen LogP contribution in [0.15, 0.2) is 0 Å². The van der Waals surface area contributed by atoms with E-state index in [9.17, 15) is 0 Å². The average Bonchev–Trinajstić information content (AvgIpc) is 1.65. The highest BCUT2D eigenvalue weighted by Gasteiger charge is 2.25. The molecule has 5 heteroatoms. The first kappa shape index (κ1) is 5.93. The van der Waals surface area contributed by atoms with Crippen LogP contribution in [0.4, 0.5) is 0 Å². The molecule has 1 fully saturated rings. The molecule has 0 amide bonds. The molecule has 0 spiro atoms. The summed E-state index contributed by atoms with van der Waals surface area (Å²) in [7, 11) is 0. The van der Waals surface area contributed by atoms with Gasteiger partial charge in [0.05, 0.1) is 0 Å². The van der Waals surface area contributed by atoms with E-state index in [0.29, 0.717) is 13.2 Å². The van der Waals surface area contributed by atoms with E-state index in [2.05, 4.69) is 0 Å². The van der Waals surface area contributed by atoms with Crippen molar-refractivity contribution in [1.82, 2.24) is 0 Å².